The van der Waals surface area contributed by atoms with Gasteiger partial charge in [0, 0.05) is 5.92 Å². The molecule has 2 aliphatic rings. The third-order valence-electron chi connectivity index (χ3n) is 4.93. The Morgan fingerprint density at radius 2 is 2.08 bits per heavy atom. The van der Waals surface area contributed by atoms with Gasteiger partial charge in [0.2, 0.25) is 0 Å². The minimum absolute atomic E-state index is 0.132. The van der Waals surface area contributed by atoms with Crippen LogP contribution in [0, 0.1) is 5.92 Å². The highest BCUT2D eigenvalue weighted by molar-refractivity contribution is 5.99. The lowest BCUT2D eigenvalue weighted by atomic mass is 9.98. The number of rotatable bonds is 5. The van der Waals surface area contributed by atoms with Crippen LogP contribution in [-0.2, 0) is 4.74 Å². The largest absolute Gasteiger partial charge is 0.394 e. The second-order valence-corrected chi connectivity index (χ2v) is 6.51. The van der Waals surface area contributed by atoms with Crippen molar-refractivity contribution >= 4 is 11.7 Å². The van der Waals surface area contributed by atoms with Crippen LogP contribution in [0.3, 0.4) is 0 Å². The van der Waals surface area contributed by atoms with Crippen LogP contribution in [0.25, 0.3) is 0 Å². The molecule has 1 amide bonds. The lowest BCUT2D eigenvalue weighted by Gasteiger charge is -2.33. The lowest BCUT2D eigenvalue weighted by Crippen LogP contribution is -2.52. The van der Waals surface area contributed by atoms with E-state index in [2.05, 4.69) is 15.6 Å². The SMILES string of the molecule is CCC(O)C(C)C1NC(=O)c2ncn(C3OC(CO)C(O)C3O)c2N1. The van der Waals surface area contributed by atoms with Crippen LogP contribution in [0.5, 0.6) is 0 Å². The normalized spacial score (nSPS) is 34.2. The predicted molar refractivity (Wildman–Crippen MR) is 85.6 cm³/mol. The molecule has 0 saturated carbocycles. The highest BCUT2D eigenvalue weighted by Crippen LogP contribution is 2.34. The molecule has 1 saturated heterocycles. The minimum atomic E-state index is -1.28. The Hall–Kier alpha value is -1.72. The minimum Gasteiger partial charge on any atom is -0.394 e. The van der Waals surface area contributed by atoms with E-state index in [0.29, 0.717) is 12.2 Å². The number of nitrogens with one attached hydrogen (secondary N) is 2. The van der Waals surface area contributed by atoms with Crippen LogP contribution in [0.1, 0.15) is 37.0 Å². The molecule has 2 aliphatic heterocycles. The number of aromatic nitrogens is 2. The van der Waals surface area contributed by atoms with Crippen molar-refractivity contribution in [3.63, 3.8) is 0 Å². The number of fused-ring (bicyclic) bond motifs is 1. The fourth-order valence-corrected chi connectivity index (χ4v) is 3.22. The maximum Gasteiger partial charge on any atom is 0.275 e. The summed E-state index contributed by atoms with van der Waals surface area (Å²) in [6, 6.07) is 0. The summed E-state index contributed by atoms with van der Waals surface area (Å²) in [6.07, 6.45) is -3.70. The third kappa shape index (κ3) is 3.00. The summed E-state index contributed by atoms with van der Waals surface area (Å²) < 4.78 is 6.92. The van der Waals surface area contributed by atoms with Crippen LogP contribution in [0.2, 0.25) is 0 Å². The fourth-order valence-electron chi connectivity index (χ4n) is 3.22. The van der Waals surface area contributed by atoms with E-state index in [1.165, 1.54) is 10.9 Å². The Bertz CT molecular complexity index is 638. The number of nitrogens with zero attached hydrogens (tertiary/aromatic N) is 2. The van der Waals surface area contributed by atoms with E-state index in [-0.39, 0.29) is 11.6 Å². The summed E-state index contributed by atoms with van der Waals surface area (Å²) in [5.74, 6) is -0.339. The fraction of sp³-hybridized carbons (Fsp3) is 0.733. The molecule has 1 aromatic heterocycles. The monoisotopic (exact) mass is 356 g/mol. The van der Waals surface area contributed by atoms with Crippen molar-refractivity contribution in [1.82, 2.24) is 14.9 Å². The van der Waals surface area contributed by atoms with Crippen LogP contribution in [0.4, 0.5) is 5.82 Å². The molecule has 0 aromatic carbocycles. The Labute approximate surface area is 144 Å². The van der Waals surface area contributed by atoms with Crippen molar-refractivity contribution in [3.8, 4) is 0 Å². The standard InChI is InChI=1S/C15H24N4O6/c1-3-7(21)6(2)12-17-13-9(14(24)18-12)16-5-19(13)15-11(23)10(22)8(4-20)25-15/h5-8,10-12,15,17,20-23H,3-4H2,1-2H3,(H,18,24). The molecule has 25 heavy (non-hydrogen) atoms. The van der Waals surface area contributed by atoms with Gasteiger partial charge in [-0.3, -0.25) is 9.36 Å². The van der Waals surface area contributed by atoms with Crippen molar-refractivity contribution in [3.05, 3.63) is 12.0 Å². The first kappa shape index (κ1) is 18.1. The second-order valence-electron chi connectivity index (χ2n) is 6.51. The summed E-state index contributed by atoms with van der Waals surface area (Å²) in [6.45, 7) is 3.22. The maximum absolute atomic E-state index is 12.3. The maximum atomic E-state index is 12.3. The van der Waals surface area contributed by atoms with Crippen molar-refractivity contribution in [1.29, 1.82) is 0 Å². The van der Waals surface area contributed by atoms with Crippen LogP contribution >= 0.6 is 0 Å². The van der Waals surface area contributed by atoms with Gasteiger partial charge in [0.25, 0.3) is 5.91 Å². The molecule has 0 aliphatic carbocycles. The summed E-state index contributed by atoms with van der Waals surface area (Å²) in [5, 5.41) is 45.3. The second kappa shape index (κ2) is 6.89. The van der Waals surface area contributed by atoms with Gasteiger partial charge in [-0.05, 0) is 6.42 Å². The Morgan fingerprint density at radius 3 is 2.68 bits per heavy atom. The van der Waals surface area contributed by atoms with E-state index >= 15 is 0 Å². The van der Waals surface area contributed by atoms with Gasteiger partial charge in [-0.1, -0.05) is 13.8 Å². The lowest BCUT2D eigenvalue weighted by molar-refractivity contribution is -0.0520. The predicted octanol–water partition coefficient (Wildman–Crippen LogP) is -1.62. The van der Waals surface area contributed by atoms with Crippen LogP contribution in [-0.4, -0.2) is 73.1 Å². The molecule has 140 valence electrons. The van der Waals surface area contributed by atoms with E-state index < -0.39 is 49.3 Å². The molecular formula is C15H24N4O6. The number of ether oxygens (including phenoxy) is 1. The molecule has 0 radical (unpaired) electrons. The smallest absolute Gasteiger partial charge is 0.275 e. The third-order valence-corrected chi connectivity index (χ3v) is 4.93. The average molecular weight is 356 g/mol. The molecule has 3 rings (SSSR count). The highest BCUT2D eigenvalue weighted by atomic mass is 16.6. The van der Waals surface area contributed by atoms with Gasteiger partial charge in [-0.15, -0.1) is 0 Å². The number of carbonyl (C=O) groups is 1. The van der Waals surface area contributed by atoms with Crippen molar-refractivity contribution < 1.29 is 30.0 Å². The molecule has 1 aromatic rings. The van der Waals surface area contributed by atoms with Gasteiger partial charge in [-0.25, -0.2) is 4.98 Å². The first-order valence-corrected chi connectivity index (χ1v) is 8.33. The van der Waals surface area contributed by atoms with Crippen molar-refractivity contribution in [2.45, 2.75) is 57.1 Å². The molecule has 6 N–H and O–H groups in total. The number of anilines is 1. The first-order valence-electron chi connectivity index (χ1n) is 8.33. The molecule has 0 bridgehead atoms. The summed E-state index contributed by atoms with van der Waals surface area (Å²) in [5.41, 5.74) is 0.132. The zero-order chi connectivity index (χ0) is 18.3. The summed E-state index contributed by atoms with van der Waals surface area (Å²) in [7, 11) is 0. The number of amides is 1. The van der Waals surface area contributed by atoms with Crippen molar-refractivity contribution in [2.24, 2.45) is 5.92 Å². The molecular weight excluding hydrogens is 332 g/mol. The van der Waals surface area contributed by atoms with E-state index in [1.54, 1.807) is 0 Å². The van der Waals surface area contributed by atoms with Gasteiger partial charge in [0.15, 0.2) is 11.9 Å². The van der Waals surface area contributed by atoms with Gasteiger partial charge < -0.3 is 35.8 Å². The molecule has 7 unspecified atom stereocenters. The number of imidazole rings is 1. The zero-order valence-electron chi connectivity index (χ0n) is 14.0. The molecule has 1 fully saturated rings. The van der Waals surface area contributed by atoms with E-state index in [0.717, 1.165) is 0 Å². The molecule has 10 nitrogen and oxygen atoms in total. The Kier molecular flexibility index (Phi) is 4.98. The van der Waals surface area contributed by atoms with Gasteiger partial charge in [0.1, 0.15) is 30.3 Å². The number of hydrogen-bond acceptors (Lipinski definition) is 8. The molecule has 10 heteroatoms. The van der Waals surface area contributed by atoms with Crippen LogP contribution < -0.4 is 10.6 Å². The van der Waals surface area contributed by atoms with Gasteiger partial charge >= 0.3 is 0 Å². The van der Waals surface area contributed by atoms with E-state index in [9.17, 15) is 25.2 Å². The molecule has 0 spiro atoms. The zero-order valence-corrected chi connectivity index (χ0v) is 14.0. The number of aliphatic hydroxyl groups is 4. The first-order chi connectivity index (χ1) is 11.9. The van der Waals surface area contributed by atoms with E-state index in [1.807, 2.05) is 13.8 Å². The quantitative estimate of drug-likeness (QED) is 0.369. The van der Waals surface area contributed by atoms with Gasteiger partial charge in [0.05, 0.1) is 19.0 Å². The number of aliphatic hydroxyl groups excluding tert-OH is 4. The average Bonchev–Trinajstić information content (AvgIpc) is 3.15. The van der Waals surface area contributed by atoms with E-state index in [4.69, 9.17) is 4.74 Å². The summed E-state index contributed by atoms with van der Waals surface area (Å²) >= 11 is 0. The Morgan fingerprint density at radius 1 is 1.36 bits per heavy atom. The highest BCUT2D eigenvalue weighted by Gasteiger charge is 2.45. The number of hydrogen-bond donors (Lipinski definition) is 6. The topological polar surface area (TPSA) is 149 Å². The van der Waals surface area contributed by atoms with Crippen LogP contribution in [0.15, 0.2) is 6.33 Å². The van der Waals surface area contributed by atoms with Crippen molar-refractivity contribution in [2.75, 3.05) is 11.9 Å². The Balaban J connectivity index is 1.88. The molecule has 7 atom stereocenters. The number of carbonyl (C=O) groups excluding carboxylic acids is 1. The summed E-state index contributed by atoms with van der Waals surface area (Å²) in [4.78, 5) is 16.3. The molecule has 3 heterocycles. The van der Waals surface area contributed by atoms with Gasteiger partial charge in [-0.2, -0.15) is 0 Å².